The van der Waals surface area contributed by atoms with Gasteiger partial charge >= 0.3 is 5.97 Å². The van der Waals surface area contributed by atoms with Crippen LogP contribution in [0.1, 0.15) is 52.0 Å². The minimum Gasteiger partial charge on any atom is -0.456 e. The highest BCUT2D eigenvalue weighted by molar-refractivity contribution is 5.95. The number of esters is 1. The van der Waals surface area contributed by atoms with Gasteiger partial charge in [0, 0.05) is 24.3 Å². The number of benzene rings is 1. The third-order valence-corrected chi connectivity index (χ3v) is 6.76. The molecule has 2 aliphatic heterocycles. The monoisotopic (exact) mass is 415 g/mol. The minimum atomic E-state index is -0.408. The maximum atomic E-state index is 12.3. The molecule has 2 saturated heterocycles. The number of amidine groups is 1. The van der Waals surface area contributed by atoms with Gasteiger partial charge in [0.2, 0.25) is 0 Å². The summed E-state index contributed by atoms with van der Waals surface area (Å²) in [6, 6.07) is 8.04. The smallest absolute Gasteiger partial charge is 0.362 e. The fourth-order valence-corrected chi connectivity index (χ4v) is 5.01. The van der Waals surface area contributed by atoms with E-state index in [1.165, 1.54) is 31.4 Å². The average Bonchev–Trinajstić information content (AvgIpc) is 2.67. The first-order chi connectivity index (χ1) is 14.0. The number of nitrogens with zero attached hydrogens (tertiary/aromatic N) is 2. The molecular weight excluding hydrogens is 376 g/mol. The van der Waals surface area contributed by atoms with Crippen molar-refractivity contribution < 1.29 is 14.0 Å². The third kappa shape index (κ3) is 5.97. The molecule has 0 aromatic heterocycles. The lowest BCUT2D eigenvalue weighted by molar-refractivity contribution is -0.908. The molecule has 6 nitrogen and oxygen atoms in total. The SMILES string of the molecule is CC(C)(C)OC(=O)C[N+]1(C)CCC(C2CCN(c3ccc(C(=N)N)cc3)CC2)CC1. The Bertz CT molecular complexity index is 737. The van der Waals surface area contributed by atoms with Crippen molar-refractivity contribution in [1.29, 1.82) is 5.41 Å². The number of carbonyl (C=O) groups is 1. The number of hydrogen-bond donors (Lipinski definition) is 2. The summed E-state index contributed by atoms with van der Waals surface area (Å²) in [5.74, 6) is 1.60. The Labute approximate surface area is 181 Å². The number of anilines is 1. The molecule has 0 radical (unpaired) electrons. The molecule has 30 heavy (non-hydrogen) atoms. The molecule has 1 aromatic carbocycles. The van der Waals surface area contributed by atoms with E-state index in [0.717, 1.165) is 48.1 Å². The number of likely N-dealkylation sites (N-methyl/N-ethyl adjacent to an activating group) is 1. The molecule has 0 amide bonds. The molecule has 1 aromatic rings. The molecule has 0 aliphatic carbocycles. The molecule has 3 rings (SSSR count). The first-order valence-corrected chi connectivity index (χ1v) is 11.3. The predicted molar refractivity (Wildman–Crippen MR) is 122 cm³/mol. The largest absolute Gasteiger partial charge is 0.456 e. The summed E-state index contributed by atoms with van der Waals surface area (Å²) in [4.78, 5) is 14.7. The van der Waals surface area contributed by atoms with Gasteiger partial charge in [-0.3, -0.25) is 5.41 Å². The first-order valence-electron chi connectivity index (χ1n) is 11.3. The maximum absolute atomic E-state index is 12.3. The zero-order valence-corrected chi connectivity index (χ0v) is 19.1. The molecule has 0 saturated carbocycles. The van der Waals surface area contributed by atoms with Gasteiger partial charge in [0.15, 0.2) is 6.54 Å². The van der Waals surface area contributed by atoms with Crippen LogP contribution in [0.4, 0.5) is 5.69 Å². The van der Waals surface area contributed by atoms with Crippen molar-refractivity contribution in [2.45, 2.75) is 52.1 Å². The van der Waals surface area contributed by atoms with E-state index in [-0.39, 0.29) is 11.8 Å². The first kappa shape index (κ1) is 22.6. The molecule has 0 atom stereocenters. The highest BCUT2D eigenvalue weighted by Gasteiger charge is 2.37. The Morgan fingerprint density at radius 1 is 1.10 bits per heavy atom. The molecule has 6 heteroatoms. The van der Waals surface area contributed by atoms with Crippen LogP contribution in [0.25, 0.3) is 0 Å². The van der Waals surface area contributed by atoms with Crippen LogP contribution in [0.5, 0.6) is 0 Å². The average molecular weight is 416 g/mol. The Balaban J connectivity index is 1.46. The molecule has 166 valence electrons. The highest BCUT2D eigenvalue weighted by Crippen LogP contribution is 2.35. The van der Waals surface area contributed by atoms with Crippen molar-refractivity contribution in [1.82, 2.24) is 0 Å². The van der Waals surface area contributed by atoms with Gasteiger partial charge < -0.3 is 19.9 Å². The third-order valence-electron chi connectivity index (χ3n) is 6.76. The lowest BCUT2D eigenvalue weighted by atomic mass is 9.78. The number of nitrogens with one attached hydrogen (secondary N) is 1. The Morgan fingerprint density at radius 2 is 1.63 bits per heavy atom. The quantitative estimate of drug-likeness (QED) is 0.334. The van der Waals surface area contributed by atoms with Crippen molar-refractivity contribution in [2.75, 3.05) is 44.7 Å². The van der Waals surface area contributed by atoms with E-state index in [4.69, 9.17) is 15.9 Å². The second kappa shape index (κ2) is 8.96. The number of carbonyl (C=O) groups excluding carboxylic acids is 1. The number of quaternary nitrogens is 1. The number of nitrogens with two attached hydrogens (primary N) is 1. The summed E-state index contributed by atoms with van der Waals surface area (Å²) in [5, 5.41) is 7.53. The van der Waals surface area contributed by atoms with Crippen LogP contribution < -0.4 is 10.6 Å². The zero-order chi connectivity index (χ0) is 21.9. The van der Waals surface area contributed by atoms with Gasteiger partial charge in [-0.1, -0.05) is 0 Å². The van der Waals surface area contributed by atoms with E-state index < -0.39 is 5.60 Å². The molecule has 2 heterocycles. The number of nitrogen functional groups attached to an aromatic ring is 1. The van der Waals surface area contributed by atoms with Crippen LogP contribution in [0, 0.1) is 17.2 Å². The summed E-state index contributed by atoms with van der Waals surface area (Å²) in [7, 11) is 2.20. The minimum absolute atomic E-state index is 0.0763. The van der Waals surface area contributed by atoms with Gasteiger partial charge in [-0.15, -0.1) is 0 Å². The number of ether oxygens (including phenoxy) is 1. The van der Waals surface area contributed by atoms with Crippen LogP contribution in [0.3, 0.4) is 0 Å². The van der Waals surface area contributed by atoms with Crippen molar-refractivity contribution in [3.8, 4) is 0 Å². The van der Waals surface area contributed by atoms with E-state index in [0.29, 0.717) is 6.54 Å². The molecule has 3 N–H and O–H groups in total. The van der Waals surface area contributed by atoms with Crippen LogP contribution >= 0.6 is 0 Å². The highest BCUT2D eigenvalue weighted by atomic mass is 16.6. The van der Waals surface area contributed by atoms with Gasteiger partial charge in [-0.05, 0) is 82.6 Å². The number of hydrogen-bond acceptors (Lipinski definition) is 4. The summed E-state index contributed by atoms with van der Waals surface area (Å²) < 4.78 is 6.36. The Morgan fingerprint density at radius 3 is 2.13 bits per heavy atom. The summed E-state index contributed by atoms with van der Waals surface area (Å²) in [5.41, 5.74) is 7.16. The van der Waals surface area contributed by atoms with Crippen LogP contribution in [-0.4, -0.2) is 61.7 Å². The predicted octanol–water partition coefficient (Wildman–Crippen LogP) is 3.39. The van der Waals surface area contributed by atoms with Crippen molar-refractivity contribution >= 4 is 17.5 Å². The summed E-state index contributed by atoms with van der Waals surface area (Å²) in [6.45, 7) is 10.6. The second-order valence-electron chi connectivity index (χ2n) is 10.4. The van der Waals surface area contributed by atoms with Crippen molar-refractivity contribution in [2.24, 2.45) is 17.6 Å². The molecule has 2 fully saturated rings. The Hall–Kier alpha value is -2.08. The van der Waals surface area contributed by atoms with Gasteiger partial charge in [0.1, 0.15) is 11.4 Å². The Kier molecular flexibility index (Phi) is 6.75. The molecular formula is C24H39N4O2+. The normalized spacial score (nSPS) is 25.7. The summed E-state index contributed by atoms with van der Waals surface area (Å²) in [6.07, 6.45) is 4.87. The standard InChI is InChI=1S/C24H39N4O2/c1-24(2,3)30-22(29)17-28(4)15-11-19(12-16-28)18-9-13-27(14-10-18)21-7-5-20(6-8-21)23(25)26/h5-8,18-19H,9-17H2,1-4H3,(H3,25,26)/q+1. The van der Waals surface area contributed by atoms with Gasteiger partial charge in [-0.2, -0.15) is 0 Å². The topological polar surface area (TPSA) is 79.4 Å². The van der Waals surface area contributed by atoms with Crippen LogP contribution in [0.15, 0.2) is 24.3 Å². The number of likely N-dealkylation sites (tertiary alicyclic amines) is 1. The molecule has 0 spiro atoms. The zero-order valence-electron chi connectivity index (χ0n) is 19.1. The van der Waals surface area contributed by atoms with E-state index in [2.05, 4.69) is 24.1 Å². The van der Waals surface area contributed by atoms with Gasteiger partial charge in [0.05, 0.1) is 20.1 Å². The van der Waals surface area contributed by atoms with Crippen molar-refractivity contribution in [3.05, 3.63) is 29.8 Å². The fourth-order valence-electron chi connectivity index (χ4n) is 5.01. The maximum Gasteiger partial charge on any atom is 0.362 e. The lowest BCUT2D eigenvalue weighted by Crippen LogP contribution is -2.54. The van der Waals surface area contributed by atoms with Crippen molar-refractivity contribution in [3.63, 3.8) is 0 Å². The van der Waals surface area contributed by atoms with E-state index in [1.807, 2.05) is 32.9 Å². The van der Waals surface area contributed by atoms with E-state index >= 15 is 0 Å². The van der Waals surface area contributed by atoms with E-state index in [9.17, 15) is 4.79 Å². The van der Waals surface area contributed by atoms with E-state index in [1.54, 1.807) is 0 Å². The lowest BCUT2D eigenvalue weighted by Gasteiger charge is -2.44. The molecule has 0 unspecified atom stereocenters. The fraction of sp³-hybridized carbons (Fsp3) is 0.667. The second-order valence-corrected chi connectivity index (χ2v) is 10.4. The van der Waals surface area contributed by atoms with Crippen LogP contribution in [0.2, 0.25) is 0 Å². The molecule has 0 bridgehead atoms. The number of rotatable bonds is 5. The molecule has 2 aliphatic rings. The summed E-state index contributed by atoms with van der Waals surface area (Å²) >= 11 is 0. The van der Waals surface area contributed by atoms with Gasteiger partial charge in [-0.25, -0.2) is 4.79 Å². The number of piperidine rings is 2. The van der Waals surface area contributed by atoms with Crippen LogP contribution in [-0.2, 0) is 9.53 Å². The van der Waals surface area contributed by atoms with Gasteiger partial charge in [0.25, 0.3) is 0 Å².